The lowest BCUT2D eigenvalue weighted by Gasteiger charge is -2.34. The van der Waals surface area contributed by atoms with E-state index >= 15 is 0 Å². The molecular weight excluding hydrogens is 893 g/mol. The van der Waals surface area contributed by atoms with Crippen LogP contribution in [0, 0.1) is 0 Å². The number of benzene rings is 12. The van der Waals surface area contributed by atoms with Crippen molar-refractivity contribution < 1.29 is 0 Å². The van der Waals surface area contributed by atoms with Gasteiger partial charge in [-0.2, -0.15) is 0 Å². The van der Waals surface area contributed by atoms with Crippen LogP contribution in [0.3, 0.4) is 0 Å². The summed E-state index contributed by atoms with van der Waals surface area (Å²) >= 11 is 0. The normalized spacial score (nSPS) is 12.2. The van der Waals surface area contributed by atoms with Crippen LogP contribution in [-0.2, 0) is 10.8 Å². The van der Waals surface area contributed by atoms with Gasteiger partial charge in [-0.05, 0) is 114 Å². The highest BCUT2D eigenvalue weighted by atomic mass is 15.2. The van der Waals surface area contributed by atoms with Gasteiger partial charge in [-0.1, -0.05) is 242 Å². The molecular formula is C72H58N2. The minimum Gasteiger partial charge on any atom is -0.309 e. The average molecular weight is 951 g/mol. The van der Waals surface area contributed by atoms with Crippen molar-refractivity contribution in [1.29, 1.82) is 0 Å². The molecule has 0 saturated heterocycles. The smallest absolute Gasteiger partial charge is 0.0618 e. The summed E-state index contributed by atoms with van der Waals surface area (Å²) < 4.78 is 2.48. The van der Waals surface area contributed by atoms with Gasteiger partial charge in [0.2, 0.25) is 0 Å². The van der Waals surface area contributed by atoms with Crippen molar-refractivity contribution in [3.63, 3.8) is 0 Å². The molecule has 0 atom stereocenters. The molecule has 0 radical (unpaired) electrons. The molecule has 13 rings (SSSR count). The summed E-state index contributed by atoms with van der Waals surface area (Å²) in [6.07, 6.45) is 0. The molecule has 1 heterocycles. The van der Waals surface area contributed by atoms with E-state index in [0.717, 1.165) is 39.3 Å². The van der Waals surface area contributed by atoms with Gasteiger partial charge in [0, 0.05) is 38.2 Å². The van der Waals surface area contributed by atoms with Gasteiger partial charge in [-0.25, -0.2) is 0 Å². The highest BCUT2D eigenvalue weighted by Gasteiger charge is 2.29. The van der Waals surface area contributed by atoms with Crippen LogP contribution in [0.25, 0.3) is 104 Å². The topological polar surface area (TPSA) is 8.17 Å². The van der Waals surface area contributed by atoms with Crippen LogP contribution in [0.4, 0.5) is 17.1 Å². The molecule has 0 amide bonds. The van der Waals surface area contributed by atoms with Crippen molar-refractivity contribution in [2.24, 2.45) is 0 Å². The molecule has 0 saturated carbocycles. The lowest BCUT2D eigenvalue weighted by atomic mass is 9.81. The Labute approximate surface area is 434 Å². The molecule has 356 valence electrons. The standard InChI is InChI=1S/C72H58N2/c1-71(2,3)54-37-42-67(62(46-54)53-43-52(47-21-10-7-11-22-47)44-55(45-53)72(4,5)6)74(70-56(48-23-12-8-13-24-48)29-20-30-57(70)49-25-14-9-15-26-49)66-41-36-51-33-38-60-65(40-35-50-34-39-61(66)69(51)68(50)60)73-63-31-18-16-27-58(63)59-28-17-19-32-64(59)73/h7-46H,1-6H3. The number of para-hydroxylation sites is 3. The molecule has 0 N–H and O–H groups in total. The van der Waals surface area contributed by atoms with E-state index in [-0.39, 0.29) is 10.8 Å². The Morgan fingerprint density at radius 3 is 1.39 bits per heavy atom. The van der Waals surface area contributed by atoms with Crippen molar-refractivity contribution in [1.82, 2.24) is 4.57 Å². The third kappa shape index (κ3) is 7.55. The molecule has 0 bridgehead atoms. The highest BCUT2D eigenvalue weighted by Crippen LogP contribution is 2.53. The second kappa shape index (κ2) is 17.5. The van der Waals surface area contributed by atoms with E-state index in [1.54, 1.807) is 0 Å². The fourth-order valence-electron chi connectivity index (χ4n) is 11.6. The Hall–Kier alpha value is -8.72. The summed E-state index contributed by atoms with van der Waals surface area (Å²) in [6.45, 7) is 14.0. The Morgan fingerprint density at radius 1 is 0.311 bits per heavy atom. The Bertz CT molecular complexity index is 4130. The fraction of sp³-hybridized carbons (Fsp3) is 0.111. The first-order chi connectivity index (χ1) is 36.0. The van der Waals surface area contributed by atoms with E-state index < -0.39 is 0 Å². The molecule has 13 aromatic rings. The van der Waals surface area contributed by atoms with Gasteiger partial charge in [0.15, 0.2) is 0 Å². The van der Waals surface area contributed by atoms with Gasteiger partial charge in [0.1, 0.15) is 0 Å². The lowest BCUT2D eigenvalue weighted by Crippen LogP contribution is -2.17. The van der Waals surface area contributed by atoms with Crippen LogP contribution in [0.5, 0.6) is 0 Å². The van der Waals surface area contributed by atoms with E-state index in [1.807, 2.05) is 0 Å². The van der Waals surface area contributed by atoms with Crippen molar-refractivity contribution >= 4 is 71.2 Å². The molecule has 0 aliphatic heterocycles. The molecule has 0 aliphatic carbocycles. The zero-order valence-corrected chi connectivity index (χ0v) is 43.0. The summed E-state index contributed by atoms with van der Waals surface area (Å²) in [5.41, 5.74) is 18.7. The molecule has 0 fully saturated rings. The second-order valence-corrected chi connectivity index (χ2v) is 22.1. The molecule has 0 spiro atoms. The summed E-state index contributed by atoms with van der Waals surface area (Å²) in [7, 11) is 0. The molecule has 2 heteroatoms. The van der Waals surface area contributed by atoms with Gasteiger partial charge in [0.05, 0.1) is 33.8 Å². The van der Waals surface area contributed by atoms with Gasteiger partial charge in [0.25, 0.3) is 0 Å². The number of anilines is 3. The van der Waals surface area contributed by atoms with Gasteiger partial charge in [-0.15, -0.1) is 0 Å². The van der Waals surface area contributed by atoms with Crippen molar-refractivity contribution in [2.75, 3.05) is 4.90 Å². The Balaban J connectivity index is 1.17. The van der Waals surface area contributed by atoms with Crippen LogP contribution in [0.1, 0.15) is 52.7 Å². The maximum atomic E-state index is 2.62. The fourth-order valence-corrected chi connectivity index (χ4v) is 11.6. The number of rotatable bonds is 8. The average Bonchev–Trinajstić information content (AvgIpc) is 3.78. The molecule has 0 unspecified atom stereocenters. The largest absolute Gasteiger partial charge is 0.309 e. The first-order valence-electron chi connectivity index (χ1n) is 26.1. The molecule has 74 heavy (non-hydrogen) atoms. The van der Waals surface area contributed by atoms with Crippen LogP contribution >= 0.6 is 0 Å². The molecule has 12 aromatic carbocycles. The zero-order chi connectivity index (χ0) is 50.3. The SMILES string of the molecule is CC(C)(C)c1cc(-c2ccccc2)cc(-c2cc(C(C)(C)C)ccc2N(c2c(-c3ccccc3)cccc2-c2ccccc2)c2ccc3ccc4c(-n5c6ccccc6c6ccccc65)ccc5ccc2c3c54)c1. The summed E-state index contributed by atoms with van der Waals surface area (Å²) in [5.74, 6) is 0. The van der Waals surface area contributed by atoms with Gasteiger partial charge in [-0.3, -0.25) is 0 Å². The first-order valence-corrected chi connectivity index (χ1v) is 26.1. The predicted octanol–water partition coefficient (Wildman–Crippen LogP) is 20.4. The van der Waals surface area contributed by atoms with Crippen LogP contribution < -0.4 is 4.90 Å². The number of nitrogens with zero attached hydrogens (tertiary/aromatic N) is 2. The minimum absolute atomic E-state index is 0.106. The number of aromatic nitrogens is 1. The van der Waals surface area contributed by atoms with Gasteiger partial charge >= 0.3 is 0 Å². The van der Waals surface area contributed by atoms with Crippen LogP contribution in [-0.4, -0.2) is 4.57 Å². The van der Waals surface area contributed by atoms with Gasteiger partial charge < -0.3 is 9.47 Å². The first kappa shape index (κ1) is 45.2. The Kier molecular flexibility index (Phi) is 10.7. The summed E-state index contributed by atoms with van der Waals surface area (Å²) in [4.78, 5) is 2.62. The monoisotopic (exact) mass is 950 g/mol. The summed E-state index contributed by atoms with van der Waals surface area (Å²) in [5, 5.41) is 9.92. The maximum absolute atomic E-state index is 2.62. The van der Waals surface area contributed by atoms with Crippen molar-refractivity contribution in [3.05, 3.63) is 254 Å². The molecule has 0 aliphatic rings. The lowest BCUT2D eigenvalue weighted by molar-refractivity contribution is 0.589. The second-order valence-electron chi connectivity index (χ2n) is 22.1. The highest BCUT2D eigenvalue weighted by molar-refractivity contribution is 6.28. The molecule has 2 nitrogen and oxygen atoms in total. The third-order valence-electron chi connectivity index (χ3n) is 15.4. The zero-order valence-electron chi connectivity index (χ0n) is 43.0. The van der Waals surface area contributed by atoms with E-state index in [4.69, 9.17) is 0 Å². The minimum atomic E-state index is -0.111. The number of hydrogen-bond acceptors (Lipinski definition) is 1. The predicted molar refractivity (Wildman–Crippen MR) is 318 cm³/mol. The Morgan fingerprint density at radius 2 is 0.797 bits per heavy atom. The van der Waals surface area contributed by atoms with E-state index in [2.05, 4.69) is 294 Å². The maximum Gasteiger partial charge on any atom is 0.0618 e. The van der Waals surface area contributed by atoms with Crippen LogP contribution in [0.15, 0.2) is 243 Å². The van der Waals surface area contributed by atoms with Crippen molar-refractivity contribution in [3.8, 4) is 50.2 Å². The number of hydrogen-bond donors (Lipinski definition) is 0. The third-order valence-corrected chi connectivity index (χ3v) is 15.4. The number of fused-ring (bicyclic) bond motifs is 3. The van der Waals surface area contributed by atoms with E-state index in [1.165, 1.54) is 93.2 Å². The molecule has 1 aromatic heterocycles. The van der Waals surface area contributed by atoms with E-state index in [9.17, 15) is 0 Å². The van der Waals surface area contributed by atoms with Crippen molar-refractivity contribution in [2.45, 2.75) is 52.4 Å². The quantitative estimate of drug-likeness (QED) is 0.138. The summed E-state index contributed by atoms with van der Waals surface area (Å²) in [6, 6.07) is 90.7. The van der Waals surface area contributed by atoms with E-state index in [0.29, 0.717) is 0 Å². The van der Waals surface area contributed by atoms with Crippen LogP contribution in [0.2, 0.25) is 0 Å².